The zero-order chi connectivity index (χ0) is 20.7. The summed E-state index contributed by atoms with van der Waals surface area (Å²) in [5, 5.41) is 20.7. The van der Waals surface area contributed by atoms with Gasteiger partial charge in [0, 0.05) is 19.6 Å². The van der Waals surface area contributed by atoms with E-state index in [0.29, 0.717) is 18.4 Å². The average Bonchev–Trinajstić information content (AvgIpc) is 2.71. The van der Waals surface area contributed by atoms with Gasteiger partial charge >= 0.3 is 5.69 Å². The summed E-state index contributed by atoms with van der Waals surface area (Å²) >= 11 is 0. The zero-order valence-electron chi connectivity index (χ0n) is 15.8. The van der Waals surface area contributed by atoms with E-state index in [2.05, 4.69) is 0 Å². The zero-order valence-corrected chi connectivity index (χ0v) is 15.8. The van der Waals surface area contributed by atoms with E-state index >= 15 is 0 Å². The molecule has 0 saturated heterocycles. The van der Waals surface area contributed by atoms with E-state index in [1.807, 2.05) is 0 Å². The maximum Gasteiger partial charge on any atom is 0.332 e. The van der Waals surface area contributed by atoms with Gasteiger partial charge < -0.3 is 15.1 Å². The van der Waals surface area contributed by atoms with E-state index in [4.69, 9.17) is 0 Å². The SMILES string of the molecule is O=C1c2c(O)c(=O)n(C3CCCC[C@H]3O)c(=O)n2CCN1Cc1ccc(F)cc1. The van der Waals surface area contributed by atoms with Crippen LogP contribution in [0.2, 0.25) is 0 Å². The molecule has 2 atom stereocenters. The van der Waals surface area contributed by atoms with Crippen LogP contribution in [0.4, 0.5) is 4.39 Å². The minimum Gasteiger partial charge on any atom is -0.501 e. The molecular formula is C20H22FN3O5. The van der Waals surface area contributed by atoms with Crippen molar-refractivity contribution in [2.75, 3.05) is 6.54 Å². The van der Waals surface area contributed by atoms with Crippen LogP contribution in [0, 0.1) is 5.82 Å². The molecule has 9 heteroatoms. The summed E-state index contributed by atoms with van der Waals surface area (Å²) in [5.74, 6) is -1.81. The number of aliphatic hydroxyl groups excluding tert-OH is 1. The Bertz CT molecular complexity index is 1060. The first-order valence-electron chi connectivity index (χ1n) is 9.68. The Morgan fingerprint density at radius 2 is 1.72 bits per heavy atom. The van der Waals surface area contributed by atoms with Gasteiger partial charge in [0.1, 0.15) is 5.82 Å². The number of carbonyl (C=O) groups excluding carboxylic acids is 1. The molecule has 1 aliphatic heterocycles. The molecule has 1 aromatic carbocycles. The molecular weight excluding hydrogens is 381 g/mol. The Hall–Kier alpha value is -2.94. The third kappa shape index (κ3) is 3.35. The van der Waals surface area contributed by atoms with Gasteiger partial charge in [-0.2, -0.15) is 0 Å². The fourth-order valence-electron chi connectivity index (χ4n) is 4.20. The number of hydrogen-bond acceptors (Lipinski definition) is 5. The van der Waals surface area contributed by atoms with Crippen LogP contribution in [0.3, 0.4) is 0 Å². The quantitative estimate of drug-likeness (QED) is 0.795. The summed E-state index contributed by atoms with van der Waals surface area (Å²) in [4.78, 5) is 40.0. The summed E-state index contributed by atoms with van der Waals surface area (Å²) in [6, 6.07) is 4.96. The summed E-state index contributed by atoms with van der Waals surface area (Å²) in [5.41, 5.74) is -1.30. The molecule has 1 aromatic heterocycles. The first-order valence-corrected chi connectivity index (χ1v) is 9.68. The van der Waals surface area contributed by atoms with Crippen LogP contribution >= 0.6 is 0 Å². The smallest absolute Gasteiger partial charge is 0.332 e. The van der Waals surface area contributed by atoms with E-state index in [0.717, 1.165) is 22.0 Å². The lowest BCUT2D eigenvalue weighted by Crippen LogP contribution is -2.52. The van der Waals surface area contributed by atoms with Crippen molar-refractivity contribution in [3.8, 4) is 5.75 Å². The van der Waals surface area contributed by atoms with Crippen LogP contribution in [0.1, 0.15) is 47.8 Å². The van der Waals surface area contributed by atoms with Crippen molar-refractivity contribution in [1.29, 1.82) is 0 Å². The Morgan fingerprint density at radius 3 is 2.41 bits per heavy atom. The monoisotopic (exact) mass is 403 g/mol. The number of fused-ring (bicyclic) bond motifs is 1. The molecule has 1 amide bonds. The van der Waals surface area contributed by atoms with E-state index < -0.39 is 40.9 Å². The standard InChI is InChI=1S/C20H22FN3O5/c21-13-7-5-12(6-8-13)11-22-9-10-23-16(18(22)27)17(26)19(28)24(20(23)29)14-3-1-2-4-15(14)25/h5-8,14-15,25-26H,1-4,9-11H2/t14?,15-/m1/s1. The number of nitrogens with zero attached hydrogens (tertiary/aromatic N) is 3. The summed E-state index contributed by atoms with van der Waals surface area (Å²) < 4.78 is 15.1. The van der Waals surface area contributed by atoms with Crippen molar-refractivity contribution < 1.29 is 19.4 Å². The fraction of sp³-hybridized carbons (Fsp3) is 0.450. The maximum atomic E-state index is 13.1. The molecule has 1 aliphatic carbocycles. The lowest BCUT2D eigenvalue weighted by Gasteiger charge is -2.33. The molecule has 2 N–H and O–H groups in total. The van der Waals surface area contributed by atoms with Crippen LogP contribution in [0.25, 0.3) is 0 Å². The highest BCUT2D eigenvalue weighted by Gasteiger charge is 2.35. The molecule has 2 aromatic rings. The van der Waals surface area contributed by atoms with Crippen LogP contribution in [-0.2, 0) is 13.1 Å². The molecule has 1 unspecified atom stereocenters. The Kier molecular flexibility index (Phi) is 4.99. The number of benzene rings is 1. The van der Waals surface area contributed by atoms with Gasteiger partial charge in [0.15, 0.2) is 5.69 Å². The number of amides is 1. The van der Waals surface area contributed by atoms with Crippen molar-refractivity contribution >= 4 is 5.91 Å². The van der Waals surface area contributed by atoms with Gasteiger partial charge in [-0.3, -0.25) is 18.7 Å². The average molecular weight is 403 g/mol. The highest BCUT2D eigenvalue weighted by Crippen LogP contribution is 2.28. The van der Waals surface area contributed by atoms with Crippen molar-refractivity contribution in [3.63, 3.8) is 0 Å². The molecule has 154 valence electrons. The second-order valence-electron chi connectivity index (χ2n) is 7.58. The van der Waals surface area contributed by atoms with Gasteiger partial charge in [-0.15, -0.1) is 0 Å². The van der Waals surface area contributed by atoms with E-state index in [-0.39, 0.29) is 25.3 Å². The predicted molar refractivity (Wildman–Crippen MR) is 101 cm³/mol. The van der Waals surface area contributed by atoms with Gasteiger partial charge in [0.05, 0.1) is 12.1 Å². The Labute approximate surface area is 165 Å². The summed E-state index contributed by atoms with van der Waals surface area (Å²) in [7, 11) is 0. The van der Waals surface area contributed by atoms with Crippen LogP contribution in [0.5, 0.6) is 5.75 Å². The third-order valence-corrected chi connectivity index (χ3v) is 5.75. The van der Waals surface area contributed by atoms with E-state index in [1.165, 1.54) is 17.0 Å². The minimum absolute atomic E-state index is 0.109. The number of hydrogen-bond donors (Lipinski definition) is 2. The largest absolute Gasteiger partial charge is 0.501 e. The van der Waals surface area contributed by atoms with Crippen molar-refractivity contribution in [2.24, 2.45) is 0 Å². The van der Waals surface area contributed by atoms with Gasteiger partial charge in [-0.05, 0) is 30.5 Å². The lowest BCUT2D eigenvalue weighted by atomic mass is 9.92. The molecule has 4 rings (SSSR count). The predicted octanol–water partition coefficient (Wildman–Crippen LogP) is 0.987. The molecule has 0 spiro atoms. The van der Waals surface area contributed by atoms with Crippen molar-refractivity contribution in [2.45, 2.75) is 50.9 Å². The van der Waals surface area contributed by atoms with E-state index in [1.54, 1.807) is 12.1 Å². The summed E-state index contributed by atoms with van der Waals surface area (Å²) in [6.07, 6.45) is 1.66. The highest BCUT2D eigenvalue weighted by molar-refractivity contribution is 5.95. The van der Waals surface area contributed by atoms with E-state index in [9.17, 15) is 29.0 Å². The number of aliphatic hydroxyl groups is 1. The fourth-order valence-corrected chi connectivity index (χ4v) is 4.20. The first kappa shape index (κ1) is 19.4. The molecule has 2 aliphatic rings. The molecule has 0 radical (unpaired) electrons. The van der Waals surface area contributed by atoms with Crippen molar-refractivity contribution in [3.05, 3.63) is 62.2 Å². The molecule has 1 fully saturated rings. The molecule has 0 bridgehead atoms. The Morgan fingerprint density at radius 1 is 1.03 bits per heavy atom. The van der Waals surface area contributed by atoms with Crippen LogP contribution in [-0.4, -0.2) is 42.8 Å². The normalized spacial score (nSPS) is 21.9. The first-order chi connectivity index (χ1) is 13.9. The highest BCUT2D eigenvalue weighted by atomic mass is 19.1. The van der Waals surface area contributed by atoms with Gasteiger partial charge in [0.2, 0.25) is 5.75 Å². The van der Waals surface area contributed by atoms with Crippen LogP contribution < -0.4 is 11.2 Å². The molecule has 8 nitrogen and oxygen atoms in total. The second kappa shape index (κ2) is 7.47. The number of aromatic hydroxyl groups is 1. The van der Waals surface area contributed by atoms with Gasteiger partial charge in [-0.1, -0.05) is 25.0 Å². The lowest BCUT2D eigenvalue weighted by molar-refractivity contribution is 0.0634. The number of carbonyl (C=O) groups is 1. The van der Waals surface area contributed by atoms with Gasteiger partial charge in [-0.25, -0.2) is 9.18 Å². The number of rotatable bonds is 3. The third-order valence-electron chi connectivity index (χ3n) is 5.75. The topological polar surface area (TPSA) is 105 Å². The number of aromatic nitrogens is 2. The Balaban J connectivity index is 1.71. The minimum atomic E-state index is -0.954. The number of halogens is 1. The van der Waals surface area contributed by atoms with Crippen LogP contribution in [0.15, 0.2) is 33.9 Å². The summed E-state index contributed by atoms with van der Waals surface area (Å²) in [6.45, 7) is 0.475. The molecule has 2 heterocycles. The van der Waals surface area contributed by atoms with Crippen molar-refractivity contribution in [1.82, 2.24) is 14.0 Å². The van der Waals surface area contributed by atoms with Gasteiger partial charge in [0.25, 0.3) is 11.5 Å². The molecule has 1 saturated carbocycles. The second-order valence-corrected chi connectivity index (χ2v) is 7.58. The molecule has 29 heavy (non-hydrogen) atoms. The maximum absolute atomic E-state index is 13.1.